The SMILES string of the molecule is CC[C@H](C)[C@@H]1NC(=O)[C@H](Cc2ccc(O)cc2)N(C)C(=O)[C@H]([C@@H](C)CC)N2C(=O)[C@H](CC[C@H]2O)CC(=O)[C@H](CC(C)C)NC(=O)[C@@H](NC(=O)[C@H](CCC(N)=O)NC(=O)C(C)C)[C@@H](C)OC1=O.CC[C@H](C)[C@@H]1NC(=O)[C@H](Cc2ccc(O)cc2)N(C)C(=O)[C@H]([C@@H](C)CC)N2C=CC[C@H](CC(=O)[C@H](CC(C)C)NC(=O)[C@@H](NC(=O)[C@H](CCC(N)=O)NC(=O)C(C)C)[C@@H](C)OC1=O)C2=O. The Balaban J connectivity index is 0.000000464. The summed E-state index contributed by atoms with van der Waals surface area (Å²) in [6.07, 6.45) is -0.947. The highest BCUT2D eigenvalue weighted by Gasteiger charge is 2.50. The molecule has 0 radical (unpaired) electrons. The third kappa shape index (κ3) is 31.7. The van der Waals surface area contributed by atoms with Gasteiger partial charge in [0.2, 0.25) is 82.7 Å². The number of rotatable bonds is 30. The van der Waals surface area contributed by atoms with E-state index in [4.69, 9.17) is 20.9 Å². The molecule has 2 aromatic rings. The van der Waals surface area contributed by atoms with Crippen LogP contribution >= 0.6 is 0 Å². The van der Waals surface area contributed by atoms with Gasteiger partial charge in [-0.25, -0.2) is 9.59 Å². The highest BCUT2D eigenvalue weighted by Crippen LogP contribution is 2.34. The summed E-state index contributed by atoms with van der Waals surface area (Å²) in [4.78, 5) is 256. The largest absolute Gasteiger partial charge is 0.508 e. The number of amides is 14. The Kier molecular flexibility index (Phi) is 43.2. The van der Waals surface area contributed by atoms with Gasteiger partial charge >= 0.3 is 11.9 Å². The van der Waals surface area contributed by atoms with Crippen molar-refractivity contribution in [2.75, 3.05) is 14.1 Å². The van der Waals surface area contributed by atoms with E-state index in [0.29, 0.717) is 36.8 Å². The molecule has 0 aliphatic carbocycles. The van der Waals surface area contributed by atoms with Crippen LogP contribution in [0.25, 0.3) is 0 Å². The van der Waals surface area contributed by atoms with Crippen molar-refractivity contribution in [2.45, 2.75) is 325 Å². The van der Waals surface area contributed by atoms with Crippen molar-refractivity contribution < 1.29 is 111 Å². The number of nitrogens with zero attached hydrogens (tertiary/aromatic N) is 4. The molecule has 3 fully saturated rings. The van der Waals surface area contributed by atoms with Crippen LogP contribution in [0.4, 0.5) is 0 Å². The number of benzene rings is 2. The third-order valence-corrected chi connectivity index (χ3v) is 25.1. The number of nitrogens with one attached hydrogen (secondary N) is 8. The average Bonchev–Trinajstić information content (AvgIpc) is 1.12. The Morgan fingerprint density at radius 2 is 0.840 bits per heavy atom. The number of ketones is 2. The van der Waals surface area contributed by atoms with E-state index < -0.39 is 244 Å². The first kappa shape index (κ1) is 110. The molecular weight excluding hydrogens is 1690 g/mol. The lowest BCUT2D eigenvalue weighted by Gasteiger charge is -2.44. The molecule has 3 saturated heterocycles. The summed E-state index contributed by atoms with van der Waals surface area (Å²) in [5.74, 6) is -18.6. The highest BCUT2D eigenvalue weighted by molar-refractivity contribution is 6.01. The second kappa shape index (κ2) is 51.4. The summed E-state index contributed by atoms with van der Waals surface area (Å²) in [5, 5.41) is 52.8. The Morgan fingerprint density at radius 1 is 0.473 bits per heavy atom. The van der Waals surface area contributed by atoms with Crippen LogP contribution < -0.4 is 54.0 Å². The topological polar surface area (TPSA) is 548 Å². The number of hydrogen-bond donors (Lipinski definition) is 13. The average molecular weight is 1840 g/mol. The number of primary amides is 2. The lowest BCUT2D eigenvalue weighted by Crippen LogP contribution is -2.63. The summed E-state index contributed by atoms with van der Waals surface area (Å²) in [7, 11) is 2.84. The second-order valence-electron chi connectivity index (χ2n) is 37.1. The summed E-state index contributed by atoms with van der Waals surface area (Å²) in [6, 6.07) is -4.11. The fraction of sp³-hybridized carbons (Fsp3) is 0.660. The molecule has 37 nitrogen and oxygen atoms in total. The van der Waals surface area contributed by atoms with Crippen LogP contribution in [0.5, 0.6) is 11.5 Å². The van der Waals surface area contributed by atoms with E-state index in [1.54, 1.807) is 92.7 Å². The molecule has 15 N–H and O–H groups in total. The van der Waals surface area contributed by atoms with Crippen LogP contribution in [0.2, 0.25) is 0 Å². The monoisotopic (exact) mass is 1840 g/mol. The minimum Gasteiger partial charge on any atom is -0.508 e. The van der Waals surface area contributed by atoms with Gasteiger partial charge in [0.25, 0.3) is 0 Å². The van der Waals surface area contributed by atoms with Gasteiger partial charge in [0.05, 0.1) is 12.1 Å². The molecule has 0 spiro atoms. The predicted molar refractivity (Wildman–Crippen MR) is 483 cm³/mol. The fourth-order valence-corrected chi connectivity index (χ4v) is 15.9. The maximum atomic E-state index is 14.9. The van der Waals surface area contributed by atoms with Gasteiger partial charge in [0.1, 0.15) is 90.4 Å². The van der Waals surface area contributed by atoms with E-state index in [2.05, 4.69) is 42.5 Å². The number of likely N-dealkylation sites (N-methyl/N-ethyl adjacent to an activating group) is 2. The predicted octanol–water partition coefficient (Wildman–Crippen LogP) is 3.99. The number of fused-ring (bicyclic) bond motifs is 4. The van der Waals surface area contributed by atoms with Crippen LogP contribution in [-0.4, -0.2) is 246 Å². The molecule has 131 heavy (non-hydrogen) atoms. The molecule has 4 aliphatic heterocycles. The van der Waals surface area contributed by atoms with E-state index in [-0.39, 0.29) is 107 Å². The number of hydrogen-bond acceptors (Lipinski definition) is 23. The van der Waals surface area contributed by atoms with Crippen molar-refractivity contribution in [2.24, 2.45) is 70.6 Å². The number of nitrogens with two attached hydrogens (primary N) is 2. The quantitative estimate of drug-likeness (QED) is 0.0492. The highest BCUT2D eigenvalue weighted by atomic mass is 16.6. The van der Waals surface area contributed by atoms with Crippen molar-refractivity contribution in [3.8, 4) is 11.5 Å². The molecule has 14 amide bonds. The molecule has 4 aliphatic rings. The molecule has 0 unspecified atom stereocenters. The number of aliphatic hydroxyl groups is 1. The maximum absolute atomic E-state index is 14.9. The van der Waals surface area contributed by atoms with Crippen molar-refractivity contribution >= 4 is 106 Å². The number of aromatic hydroxyl groups is 2. The Hall–Kier alpha value is -11.4. The van der Waals surface area contributed by atoms with Gasteiger partial charge < -0.3 is 98.4 Å². The molecule has 2 aromatic carbocycles. The summed E-state index contributed by atoms with van der Waals surface area (Å²) < 4.78 is 11.9. The summed E-state index contributed by atoms with van der Waals surface area (Å²) in [6.45, 7) is 30.6. The van der Waals surface area contributed by atoms with Crippen molar-refractivity contribution in [1.82, 2.24) is 62.1 Å². The number of esters is 2. The number of Topliss-reactive ketones (excluding diaryl/α,β-unsaturated/α-hetero) is 2. The molecular formula is C94H144N14O23. The van der Waals surface area contributed by atoms with Crippen LogP contribution in [0.15, 0.2) is 60.8 Å². The van der Waals surface area contributed by atoms with Crippen molar-refractivity contribution in [3.05, 3.63) is 71.9 Å². The number of piperidine rings is 1. The Morgan fingerprint density at radius 3 is 1.20 bits per heavy atom. The molecule has 0 saturated carbocycles. The summed E-state index contributed by atoms with van der Waals surface area (Å²) in [5.41, 5.74) is 11.9. The smallest absolute Gasteiger partial charge is 0.329 e. The zero-order valence-corrected chi connectivity index (χ0v) is 79.7. The number of ether oxygens (including phenoxy) is 2. The molecule has 4 heterocycles. The Labute approximate surface area is 768 Å². The molecule has 728 valence electrons. The van der Waals surface area contributed by atoms with Crippen LogP contribution in [0, 0.1) is 59.2 Å². The Bertz CT molecular complexity index is 4370. The zero-order chi connectivity index (χ0) is 98.6. The third-order valence-electron chi connectivity index (χ3n) is 25.1. The van der Waals surface area contributed by atoms with Crippen molar-refractivity contribution in [3.63, 3.8) is 0 Å². The van der Waals surface area contributed by atoms with E-state index in [0.717, 1.165) is 4.90 Å². The van der Waals surface area contributed by atoms with E-state index >= 15 is 0 Å². The number of carbonyl (C=O) groups is 18. The first-order valence-electron chi connectivity index (χ1n) is 46.0. The molecule has 0 aromatic heterocycles. The number of cyclic esters (lactones) is 2. The van der Waals surface area contributed by atoms with E-state index in [1.807, 2.05) is 48.5 Å². The lowest BCUT2D eigenvalue weighted by molar-refractivity contribution is -0.170. The second-order valence-corrected chi connectivity index (χ2v) is 37.1. The van der Waals surface area contributed by atoms with Crippen LogP contribution in [0.1, 0.15) is 232 Å². The molecule has 21 atom stereocenters. The van der Waals surface area contributed by atoms with Gasteiger partial charge in [-0.05, 0) is 130 Å². The number of allylic oxidation sites excluding steroid dienone is 1. The normalized spacial score (nSPS) is 26.0. The lowest BCUT2D eigenvalue weighted by atomic mass is 9.85. The molecule has 6 rings (SSSR count). The minimum absolute atomic E-state index is 0.0164. The maximum Gasteiger partial charge on any atom is 0.329 e. The number of aliphatic hydroxyl groups excluding tert-OH is 1. The van der Waals surface area contributed by atoms with Gasteiger partial charge in [0, 0.05) is 82.5 Å². The van der Waals surface area contributed by atoms with Gasteiger partial charge in [-0.3, -0.25) is 76.7 Å². The molecule has 4 bridgehead atoms. The van der Waals surface area contributed by atoms with Gasteiger partial charge in [-0.1, -0.05) is 167 Å². The van der Waals surface area contributed by atoms with Gasteiger partial charge in [-0.2, -0.15) is 0 Å². The number of phenols is 2. The van der Waals surface area contributed by atoms with E-state index in [1.165, 1.54) is 73.1 Å². The van der Waals surface area contributed by atoms with Crippen LogP contribution in [0.3, 0.4) is 0 Å². The number of carbonyl (C=O) groups excluding carboxylic acids is 18. The minimum atomic E-state index is -1.71. The number of phenolic OH excluding ortho intramolecular Hbond substituents is 2. The first-order chi connectivity index (χ1) is 61.4. The van der Waals surface area contributed by atoms with Gasteiger partial charge in [0.15, 0.2) is 11.6 Å². The first-order valence-corrected chi connectivity index (χ1v) is 46.0. The van der Waals surface area contributed by atoms with E-state index in [9.17, 15) is 102 Å². The van der Waals surface area contributed by atoms with Crippen molar-refractivity contribution in [1.29, 1.82) is 0 Å². The van der Waals surface area contributed by atoms with Gasteiger partial charge in [-0.15, -0.1) is 0 Å². The zero-order valence-electron chi connectivity index (χ0n) is 79.7. The molecule has 37 heteroatoms. The van der Waals surface area contributed by atoms with Crippen LogP contribution in [-0.2, 0) is 109 Å². The summed E-state index contributed by atoms with van der Waals surface area (Å²) >= 11 is 0. The standard InChI is InChI=1S/C47H73N7O12.C47H71N7O11/c1-11-26(7)38-47(65)66-28(9)39(52-42(60)32(18-19-36(48)57)49-41(59)25(5)6)44(62)50-33(21-24(3)4)35(56)23-30-15-20-37(58)54(45(30)63)40(27(8)12-2)46(64)53(10)34(43(61)51-38)22-29-13-16-31(55)17-14-29;1-11-27(7)38-47(64)65-29(9)39(52-42(59)33(19-20-37(48)57)49-41(58)26(5)6)44(61)50-34(22-25(3)4)36(56)24-31-14-13-21-54(45(31)62)40(28(8)12-2)46(63)53(10)35(43(60)51-38)23-30-15-17-32(55)18-16-30/h13-14,16-17,24-28,30,32-34,37-40,55,58H,11-12,15,18-23H2,1-10H3,(H2,48,57)(H,49,59)(H,50,62)(H,51,61)(H,52,60);13,15-18,21,25-29,31,33-35,38-40,55H,11-12,14,19-20,22-24H2,1-10H3,(H2,48,57)(H,49,58)(H,50,61)(H,51,60)(H,52,59)/t26-,27-,28+,30+,32-,33-,34-,37+,38-,39-,40-;27-,28-,29+,31+,33-,34-,35-,38-,39-,40-/m00/s1. The fourth-order valence-electron chi connectivity index (χ4n) is 15.9.